The minimum atomic E-state index is -0.715. The Balaban J connectivity index is 1.34. The van der Waals surface area contributed by atoms with Gasteiger partial charge in [0.25, 0.3) is 0 Å². The Morgan fingerprint density at radius 1 is 0.979 bits per heavy atom. The predicted molar refractivity (Wildman–Crippen MR) is 179 cm³/mol. The number of likely N-dealkylation sites (tertiary alicyclic amines) is 1. The second-order valence-electron chi connectivity index (χ2n) is 14.4. The van der Waals surface area contributed by atoms with Crippen molar-refractivity contribution in [3.05, 3.63) is 66.1 Å². The number of fused-ring (bicyclic) bond motifs is 1. The van der Waals surface area contributed by atoms with E-state index in [2.05, 4.69) is 15.3 Å². The first-order chi connectivity index (χ1) is 22.3. The zero-order valence-electron chi connectivity index (χ0n) is 28.1. The SMILES string of the molecule is CC(C)(C)OC(=O)N1CCC[C@H](Nc2cc(N(Cc3ccc(-c4ncccn4)cc3)C(=O)OC(C)(C)C)n3ncc(C4CC4)c3n2)C1. The number of benzene rings is 1. The molecule has 1 atom stereocenters. The van der Waals surface area contributed by atoms with Crippen molar-refractivity contribution in [1.82, 2.24) is 29.5 Å². The molecule has 4 heterocycles. The lowest BCUT2D eigenvalue weighted by Crippen LogP contribution is -2.47. The van der Waals surface area contributed by atoms with E-state index in [1.165, 1.54) is 0 Å². The average Bonchev–Trinajstić information content (AvgIpc) is 3.77. The highest BCUT2D eigenvalue weighted by Gasteiger charge is 2.32. The van der Waals surface area contributed by atoms with Crippen molar-refractivity contribution in [2.75, 3.05) is 23.3 Å². The summed E-state index contributed by atoms with van der Waals surface area (Å²) in [7, 11) is 0. The second kappa shape index (κ2) is 12.8. The van der Waals surface area contributed by atoms with Gasteiger partial charge in [-0.05, 0) is 84.8 Å². The van der Waals surface area contributed by atoms with Crippen molar-refractivity contribution >= 4 is 29.5 Å². The molecule has 47 heavy (non-hydrogen) atoms. The van der Waals surface area contributed by atoms with E-state index in [4.69, 9.17) is 19.6 Å². The molecule has 1 aliphatic heterocycles. The Labute approximate surface area is 275 Å². The van der Waals surface area contributed by atoms with Gasteiger partial charge in [0.2, 0.25) is 0 Å². The Morgan fingerprint density at radius 3 is 2.34 bits per heavy atom. The lowest BCUT2D eigenvalue weighted by Gasteiger charge is -2.34. The fourth-order valence-corrected chi connectivity index (χ4v) is 5.65. The Morgan fingerprint density at radius 2 is 1.68 bits per heavy atom. The molecule has 0 radical (unpaired) electrons. The number of carbonyl (C=O) groups is 2. The van der Waals surface area contributed by atoms with Crippen molar-refractivity contribution in [2.45, 2.75) is 96.9 Å². The molecule has 0 spiro atoms. The molecule has 1 aromatic carbocycles. The van der Waals surface area contributed by atoms with Crippen LogP contribution >= 0.6 is 0 Å². The van der Waals surface area contributed by atoms with Gasteiger partial charge in [-0.15, -0.1) is 0 Å². The summed E-state index contributed by atoms with van der Waals surface area (Å²) in [6, 6.07) is 11.4. The molecule has 2 fully saturated rings. The maximum Gasteiger partial charge on any atom is 0.416 e. The van der Waals surface area contributed by atoms with Crippen LogP contribution in [0.4, 0.5) is 21.2 Å². The van der Waals surface area contributed by atoms with E-state index in [0.29, 0.717) is 42.1 Å². The molecule has 1 N–H and O–H groups in total. The van der Waals surface area contributed by atoms with Gasteiger partial charge in [0, 0.05) is 48.7 Å². The first kappa shape index (κ1) is 32.2. The third kappa shape index (κ3) is 7.98. The average molecular weight is 641 g/mol. The lowest BCUT2D eigenvalue weighted by atomic mass is 10.1. The third-order valence-electron chi connectivity index (χ3n) is 7.93. The smallest absolute Gasteiger partial charge is 0.416 e. The predicted octanol–water partition coefficient (Wildman–Crippen LogP) is 6.82. The molecule has 1 aliphatic carbocycles. The van der Waals surface area contributed by atoms with Gasteiger partial charge in [0.15, 0.2) is 11.5 Å². The first-order valence-corrected chi connectivity index (χ1v) is 16.3. The number of anilines is 2. The normalized spacial score (nSPS) is 17.0. The van der Waals surface area contributed by atoms with Crippen molar-refractivity contribution in [3.63, 3.8) is 0 Å². The highest BCUT2D eigenvalue weighted by Crippen LogP contribution is 2.42. The summed E-state index contributed by atoms with van der Waals surface area (Å²) in [6.45, 7) is 12.5. The van der Waals surface area contributed by atoms with Gasteiger partial charge in [-0.3, -0.25) is 4.90 Å². The number of carbonyl (C=O) groups excluding carboxylic acids is 2. The molecule has 1 saturated carbocycles. The van der Waals surface area contributed by atoms with Crippen molar-refractivity contribution < 1.29 is 19.1 Å². The van der Waals surface area contributed by atoms with Crippen LogP contribution in [0.1, 0.15) is 84.3 Å². The molecule has 12 nitrogen and oxygen atoms in total. The number of ether oxygens (including phenoxy) is 2. The molecular weight excluding hydrogens is 596 g/mol. The van der Waals surface area contributed by atoms with E-state index in [9.17, 15) is 9.59 Å². The minimum absolute atomic E-state index is 0.0471. The molecule has 12 heteroatoms. The number of nitrogens with zero attached hydrogens (tertiary/aromatic N) is 7. The maximum absolute atomic E-state index is 13.9. The number of hydrogen-bond donors (Lipinski definition) is 1. The van der Waals surface area contributed by atoms with Crippen LogP contribution in [-0.4, -0.2) is 72.0 Å². The van der Waals surface area contributed by atoms with Crippen LogP contribution in [0.25, 0.3) is 17.0 Å². The largest absolute Gasteiger partial charge is 0.444 e. The standard InChI is InChI=1S/C35H44N8O4/c1-34(2,3)46-32(44)41-18-7-9-26(22-41)39-28-19-29(43-31(40-28)27(20-38-43)24-14-15-24)42(33(45)47-35(4,5)6)21-23-10-12-25(13-11-23)30-36-16-8-17-37-30/h8,10-13,16-17,19-20,24,26H,7,9,14-15,18,21-22H2,1-6H3,(H,39,40)/t26-/m0/s1. The van der Waals surface area contributed by atoms with Crippen LogP contribution in [-0.2, 0) is 16.0 Å². The molecule has 248 valence electrons. The molecule has 3 aromatic heterocycles. The highest BCUT2D eigenvalue weighted by molar-refractivity contribution is 5.88. The topological polar surface area (TPSA) is 127 Å². The van der Waals surface area contributed by atoms with Gasteiger partial charge in [-0.1, -0.05) is 24.3 Å². The number of nitrogens with one attached hydrogen (secondary N) is 1. The van der Waals surface area contributed by atoms with E-state index >= 15 is 0 Å². The summed E-state index contributed by atoms with van der Waals surface area (Å²) in [5.41, 5.74) is 2.26. The van der Waals surface area contributed by atoms with Crippen LogP contribution in [0, 0.1) is 0 Å². The van der Waals surface area contributed by atoms with Gasteiger partial charge in [0.1, 0.15) is 22.8 Å². The van der Waals surface area contributed by atoms with Gasteiger partial charge in [-0.25, -0.2) is 24.5 Å². The van der Waals surface area contributed by atoms with Crippen LogP contribution in [0.15, 0.2) is 55.0 Å². The fourth-order valence-electron chi connectivity index (χ4n) is 5.65. The summed E-state index contributed by atoms with van der Waals surface area (Å²) >= 11 is 0. The Kier molecular flexibility index (Phi) is 8.78. The molecule has 4 aromatic rings. The van der Waals surface area contributed by atoms with Crippen molar-refractivity contribution in [3.8, 4) is 11.4 Å². The fraction of sp³-hybridized carbons (Fsp3) is 0.486. The molecule has 6 rings (SSSR count). The van der Waals surface area contributed by atoms with Gasteiger partial charge < -0.3 is 19.7 Å². The Bertz CT molecular complexity index is 1720. The number of piperidine rings is 1. The van der Waals surface area contributed by atoms with Crippen molar-refractivity contribution in [1.29, 1.82) is 0 Å². The second-order valence-corrected chi connectivity index (χ2v) is 14.4. The number of rotatable bonds is 7. The van der Waals surface area contributed by atoms with Crippen LogP contribution < -0.4 is 10.2 Å². The zero-order chi connectivity index (χ0) is 33.3. The zero-order valence-corrected chi connectivity index (χ0v) is 28.1. The van der Waals surface area contributed by atoms with E-state index in [-0.39, 0.29) is 18.7 Å². The molecule has 0 unspecified atom stereocenters. The van der Waals surface area contributed by atoms with E-state index < -0.39 is 17.3 Å². The van der Waals surface area contributed by atoms with Crippen LogP contribution in [0.2, 0.25) is 0 Å². The Hall–Kier alpha value is -4.74. The highest BCUT2D eigenvalue weighted by atomic mass is 16.6. The van der Waals surface area contributed by atoms with E-state index in [1.54, 1.807) is 32.8 Å². The first-order valence-electron chi connectivity index (χ1n) is 16.3. The molecule has 0 bridgehead atoms. The molecule has 2 amide bonds. The van der Waals surface area contributed by atoms with Gasteiger partial charge in [0.05, 0.1) is 12.7 Å². The molecule has 2 aliphatic rings. The van der Waals surface area contributed by atoms with E-state index in [0.717, 1.165) is 42.4 Å². The summed E-state index contributed by atoms with van der Waals surface area (Å²) in [5.74, 6) is 2.17. The molecular formula is C35H44N8O4. The minimum Gasteiger partial charge on any atom is -0.444 e. The van der Waals surface area contributed by atoms with Gasteiger partial charge in [-0.2, -0.15) is 9.61 Å². The summed E-state index contributed by atoms with van der Waals surface area (Å²) in [5, 5.41) is 8.30. The number of amides is 2. The number of hydrogen-bond acceptors (Lipinski definition) is 9. The molecule has 1 saturated heterocycles. The maximum atomic E-state index is 13.9. The van der Waals surface area contributed by atoms with Gasteiger partial charge >= 0.3 is 12.2 Å². The third-order valence-corrected chi connectivity index (χ3v) is 7.93. The quantitative estimate of drug-likeness (QED) is 0.232. The van der Waals surface area contributed by atoms with Crippen LogP contribution in [0.3, 0.4) is 0 Å². The summed E-state index contributed by atoms with van der Waals surface area (Å²) in [4.78, 5) is 43.9. The van der Waals surface area contributed by atoms with Crippen LogP contribution in [0.5, 0.6) is 0 Å². The summed E-state index contributed by atoms with van der Waals surface area (Å²) in [6.07, 6.45) is 8.33. The number of aromatic nitrogens is 5. The summed E-state index contributed by atoms with van der Waals surface area (Å²) < 4.78 is 13.3. The lowest BCUT2D eigenvalue weighted by molar-refractivity contribution is 0.0206. The monoisotopic (exact) mass is 640 g/mol. The van der Waals surface area contributed by atoms with E-state index in [1.807, 2.05) is 78.1 Å². The van der Waals surface area contributed by atoms with Crippen molar-refractivity contribution in [2.24, 2.45) is 0 Å².